The van der Waals surface area contributed by atoms with Gasteiger partial charge in [0.2, 0.25) is 0 Å². The third-order valence-electron chi connectivity index (χ3n) is 6.70. The maximum absolute atomic E-state index is 14.8. The van der Waals surface area contributed by atoms with Crippen LogP contribution in [0, 0.1) is 11.8 Å². The van der Waals surface area contributed by atoms with Crippen LogP contribution in [0.25, 0.3) is 6.08 Å². The van der Waals surface area contributed by atoms with Crippen molar-refractivity contribution in [3.63, 3.8) is 0 Å². The lowest BCUT2D eigenvalue weighted by Gasteiger charge is -2.33. The highest BCUT2D eigenvalue weighted by Gasteiger charge is 2.43. The molecule has 0 bridgehead atoms. The summed E-state index contributed by atoms with van der Waals surface area (Å²) >= 11 is 0. The highest BCUT2D eigenvalue weighted by molar-refractivity contribution is 5.87. The molecule has 6 nitrogen and oxygen atoms in total. The first-order valence-corrected chi connectivity index (χ1v) is 13.1. The number of unbranched alkanes of at least 4 members (excludes halogenated alkanes) is 2. The molecule has 202 valence electrons. The highest BCUT2D eigenvalue weighted by Crippen LogP contribution is 2.41. The number of ether oxygens (including phenoxy) is 3. The Labute approximate surface area is 218 Å². The number of benzene rings is 2. The van der Waals surface area contributed by atoms with Gasteiger partial charge in [0.15, 0.2) is 0 Å². The number of carbonyl (C=O) groups excluding carboxylic acids is 1. The molecule has 3 rings (SSSR count). The van der Waals surface area contributed by atoms with E-state index in [0.29, 0.717) is 41.4 Å². The Kier molecular flexibility index (Phi) is 10.6. The Morgan fingerprint density at radius 3 is 2.43 bits per heavy atom. The molecular formula is C29H38F2N2O4. The molecule has 0 unspecified atom stereocenters. The van der Waals surface area contributed by atoms with E-state index in [-0.39, 0.29) is 19.0 Å². The summed E-state index contributed by atoms with van der Waals surface area (Å²) in [6.45, 7) is 2.34. The van der Waals surface area contributed by atoms with Gasteiger partial charge in [-0.25, -0.2) is 4.79 Å². The summed E-state index contributed by atoms with van der Waals surface area (Å²) in [5.41, 5.74) is 13.0. The van der Waals surface area contributed by atoms with Crippen molar-refractivity contribution in [1.82, 2.24) is 0 Å². The second-order valence-corrected chi connectivity index (χ2v) is 9.59. The van der Waals surface area contributed by atoms with E-state index in [9.17, 15) is 13.6 Å². The largest absolute Gasteiger partial charge is 0.488 e. The van der Waals surface area contributed by atoms with E-state index in [0.717, 1.165) is 19.3 Å². The molecule has 2 aromatic rings. The molecule has 1 saturated carbocycles. The van der Waals surface area contributed by atoms with Gasteiger partial charge in [-0.3, -0.25) is 0 Å². The number of rotatable bonds is 13. The molecule has 8 heteroatoms. The van der Waals surface area contributed by atoms with E-state index < -0.39 is 18.0 Å². The first-order chi connectivity index (χ1) is 17.8. The van der Waals surface area contributed by atoms with Gasteiger partial charge in [0.05, 0.1) is 11.6 Å². The number of alkyl halides is 2. The van der Waals surface area contributed by atoms with Crippen LogP contribution in [0.2, 0.25) is 0 Å². The van der Waals surface area contributed by atoms with Crippen molar-refractivity contribution < 1.29 is 27.8 Å². The standard InChI is InChI=1S/C29H38F2N2O4/c1-2-3-4-5-21-6-11-23(12-7-21)29(30,31)37-25-14-8-22(9-15-25)10-17-28(34)36-19-18-35-27-16-13-24(32)20-26(27)33/h8-10,13-17,20-21,23H,2-7,11-12,18-19,32-33H2,1H3/b17-10+. The molecule has 1 aliphatic rings. The summed E-state index contributed by atoms with van der Waals surface area (Å²) < 4.78 is 45.2. The average molecular weight is 517 g/mol. The fraction of sp³-hybridized carbons (Fsp3) is 0.483. The molecule has 2 aromatic carbocycles. The monoisotopic (exact) mass is 516 g/mol. The van der Waals surface area contributed by atoms with Gasteiger partial charge >= 0.3 is 12.1 Å². The van der Waals surface area contributed by atoms with Crippen LogP contribution in [0.5, 0.6) is 11.5 Å². The summed E-state index contributed by atoms with van der Waals surface area (Å²) in [5.74, 6) is -0.181. The third kappa shape index (κ3) is 9.26. The number of nitrogen functional groups attached to an aromatic ring is 2. The fourth-order valence-electron chi connectivity index (χ4n) is 4.56. The number of carbonyl (C=O) groups is 1. The maximum Gasteiger partial charge on any atom is 0.400 e. The fourth-order valence-corrected chi connectivity index (χ4v) is 4.56. The van der Waals surface area contributed by atoms with Crippen LogP contribution in [-0.2, 0) is 9.53 Å². The normalized spacial score (nSPS) is 18.0. The minimum atomic E-state index is -3.20. The Bertz CT molecular complexity index is 1020. The summed E-state index contributed by atoms with van der Waals surface area (Å²) in [7, 11) is 0. The van der Waals surface area contributed by atoms with Crippen LogP contribution in [-0.4, -0.2) is 25.3 Å². The predicted octanol–water partition coefficient (Wildman–Crippen LogP) is 6.84. The smallest absolute Gasteiger partial charge is 0.400 e. The molecule has 0 aromatic heterocycles. The van der Waals surface area contributed by atoms with Crippen LogP contribution in [0.4, 0.5) is 20.2 Å². The van der Waals surface area contributed by atoms with Gasteiger partial charge in [-0.15, -0.1) is 0 Å². The zero-order valence-corrected chi connectivity index (χ0v) is 21.5. The van der Waals surface area contributed by atoms with Crippen LogP contribution in [0.1, 0.15) is 63.9 Å². The molecule has 0 atom stereocenters. The van der Waals surface area contributed by atoms with Crippen molar-refractivity contribution in [3.8, 4) is 11.5 Å². The lowest BCUT2D eigenvalue weighted by atomic mass is 9.79. The van der Waals surface area contributed by atoms with Crippen molar-refractivity contribution >= 4 is 23.4 Å². The molecule has 0 saturated heterocycles. The number of halogens is 2. The Morgan fingerprint density at radius 1 is 1.03 bits per heavy atom. The Hall–Kier alpha value is -3.29. The van der Waals surface area contributed by atoms with Crippen molar-refractivity contribution in [2.75, 3.05) is 24.7 Å². The quantitative estimate of drug-likeness (QED) is 0.131. The van der Waals surface area contributed by atoms with Crippen molar-refractivity contribution in [1.29, 1.82) is 0 Å². The van der Waals surface area contributed by atoms with Crippen molar-refractivity contribution in [2.45, 2.75) is 64.4 Å². The minimum absolute atomic E-state index is 0.0372. The SMILES string of the molecule is CCCCCC1CCC(C(F)(F)Oc2ccc(/C=C/C(=O)OCCOc3ccc(N)cc3N)cc2)CC1. The van der Waals surface area contributed by atoms with E-state index in [1.54, 1.807) is 36.4 Å². The lowest BCUT2D eigenvalue weighted by Crippen LogP contribution is -2.37. The van der Waals surface area contributed by atoms with Crippen LogP contribution in [0.3, 0.4) is 0 Å². The number of nitrogens with two attached hydrogens (primary N) is 2. The van der Waals surface area contributed by atoms with Crippen LogP contribution < -0.4 is 20.9 Å². The van der Waals surface area contributed by atoms with Crippen LogP contribution >= 0.6 is 0 Å². The lowest BCUT2D eigenvalue weighted by molar-refractivity contribution is -0.223. The van der Waals surface area contributed by atoms with Crippen molar-refractivity contribution in [2.24, 2.45) is 11.8 Å². The summed E-state index contributed by atoms with van der Waals surface area (Å²) in [6, 6.07) is 11.1. The Balaban J connectivity index is 1.39. The van der Waals surface area contributed by atoms with Gasteiger partial charge in [0, 0.05) is 11.8 Å². The molecule has 0 heterocycles. The predicted molar refractivity (Wildman–Crippen MR) is 142 cm³/mol. The molecule has 0 amide bonds. The van der Waals surface area contributed by atoms with Gasteiger partial charge in [0.25, 0.3) is 0 Å². The van der Waals surface area contributed by atoms with Gasteiger partial charge in [-0.2, -0.15) is 8.78 Å². The number of hydrogen-bond acceptors (Lipinski definition) is 6. The van der Waals surface area contributed by atoms with Crippen molar-refractivity contribution in [3.05, 3.63) is 54.1 Å². The van der Waals surface area contributed by atoms with Gasteiger partial charge in [-0.1, -0.05) is 44.7 Å². The van der Waals surface area contributed by atoms with Gasteiger partial charge in [0.1, 0.15) is 24.7 Å². The van der Waals surface area contributed by atoms with E-state index >= 15 is 0 Å². The number of anilines is 2. The van der Waals surface area contributed by atoms with E-state index in [1.165, 1.54) is 37.5 Å². The summed E-state index contributed by atoms with van der Waals surface area (Å²) in [4.78, 5) is 11.9. The van der Waals surface area contributed by atoms with E-state index in [1.807, 2.05) is 0 Å². The maximum atomic E-state index is 14.8. The molecular weight excluding hydrogens is 478 g/mol. The number of hydrogen-bond donors (Lipinski definition) is 2. The second-order valence-electron chi connectivity index (χ2n) is 9.59. The zero-order chi connectivity index (χ0) is 26.7. The Morgan fingerprint density at radius 2 is 1.76 bits per heavy atom. The molecule has 0 radical (unpaired) electrons. The summed E-state index contributed by atoms with van der Waals surface area (Å²) in [5, 5.41) is 0. The molecule has 0 spiro atoms. The molecule has 1 fully saturated rings. The van der Waals surface area contributed by atoms with Crippen LogP contribution in [0.15, 0.2) is 48.5 Å². The summed E-state index contributed by atoms with van der Waals surface area (Å²) in [6.07, 6.45) is 6.99. The van der Waals surface area contributed by atoms with E-state index in [2.05, 4.69) is 6.92 Å². The molecule has 37 heavy (non-hydrogen) atoms. The zero-order valence-electron chi connectivity index (χ0n) is 21.5. The first-order valence-electron chi connectivity index (χ1n) is 13.1. The third-order valence-corrected chi connectivity index (χ3v) is 6.70. The molecule has 1 aliphatic carbocycles. The first kappa shape index (κ1) is 28.3. The van der Waals surface area contributed by atoms with Gasteiger partial charge in [-0.05, 0) is 73.6 Å². The number of esters is 1. The molecule has 4 N–H and O–H groups in total. The second kappa shape index (κ2) is 13.9. The average Bonchev–Trinajstić information content (AvgIpc) is 2.87. The molecule has 0 aliphatic heterocycles. The highest BCUT2D eigenvalue weighted by atomic mass is 19.3. The minimum Gasteiger partial charge on any atom is -0.488 e. The van der Waals surface area contributed by atoms with Gasteiger partial charge < -0.3 is 25.7 Å². The van der Waals surface area contributed by atoms with E-state index in [4.69, 9.17) is 25.7 Å². The topological polar surface area (TPSA) is 96.8 Å².